The van der Waals surface area contributed by atoms with Crippen LogP contribution < -0.4 is 5.73 Å². The molecular weight excluding hydrogens is 220 g/mol. The van der Waals surface area contributed by atoms with Gasteiger partial charge in [0.15, 0.2) is 0 Å². The second kappa shape index (κ2) is 3.89. The van der Waals surface area contributed by atoms with Crippen molar-refractivity contribution in [2.24, 2.45) is 0 Å². The van der Waals surface area contributed by atoms with E-state index < -0.39 is 0 Å². The number of hydrogen-bond acceptors (Lipinski definition) is 4. The molecule has 2 aromatic rings. The Morgan fingerprint density at radius 1 is 1.50 bits per heavy atom. The number of anilines is 1. The molecule has 0 unspecified atom stereocenters. The number of nitrogens with one attached hydrogen (secondary N) is 1. The molecule has 0 atom stereocenters. The molecule has 0 aromatic carbocycles. The highest BCUT2D eigenvalue weighted by atomic mass is 35.5. The summed E-state index contributed by atoms with van der Waals surface area (Å²) in [5, 5.41) is 7.78. The minimum atomic E-state index is 0.525. The first-order valence-corrected chi connectivity index (χ1v) is 5.04. The van der Waals surface area contributed by atoms with Crippen molar-refractivity contribution in [2.45, 2.75) is 9.92 Å². The number of hydrogen-bond donors (Lipinski definition) is 2. The number of nitrogens with two attached hydrogens (primary N) is 1. The molecule has 0 amide bonds. The Balaban J connectivity index is 2.28. The molecule has 2 rings (SSSR count). The molecule has 0 aliphatic heterocycles. The maximum absolute atomic E-state index is 5.94. The Hall–Kier alpha value is -1.20. The summed E-state index contributed by atoms with van der Waals surface area (Å²) in [6, 6.07) is 3.57. The van der Waals surface area contributed by atoms with Gasteiger partial charge >= 0.3 is 0 Å². The van der Waals surface area contributed by atoms with Gasteiger partial charge in [-0.25, -0.2) is 4.98 Å². The topological polar surface area (TPSA) is 67.6 Å². The standard InChI is InChI=1S/C8H7ClN4S/c9-5-2-1-3-11-8(5)14-6-4-12-13-7(6)10/h1-4H,(H3,10,12,13). The maximum atomic E-state index is 5.94. The van der Waals surface area contributed by atoms with Crippen molar-refractivity contribution in [1.29, 1.82) is 0 Å². The lowest BCUT2D eigenvalue weighted by molar-refractivity contribution is 1.10. The predicted molar refractivity (Wildman–Crippen MR) is 56.4 cm³/mol. The highest BCUT2D eigenvalue weighted by molar-refractivity contribution is 7.99. The third-order valence-corrected chi connectivity index (χ3v) is 3.04. The van der Waals surface area contributed by atoms with Crippen LogP contribution >= 0.6 is 23.4 Å². The summed E-state index contributed by atoms with van der Waals surface area (Å²) in [5.41, 5.74) is 5.63. The number of rotatable bonds is 2. The van der Waals surface area contributed by atoms with Gasteiger partial charge in [-0.3, -0.25) is 5.10 Å². The van der Waals surface area contributed by atoms with Crippen molar-refractivity contribution in [3.05, 3.63) is 29.5 Å². The fourth-order valence-electron chi connectivity index (χ4n) is 0.917. The third-order valence-electron chi connectivity index (χ3n) is 1.56. The van der Waals surface area contributed by atoms with Gasteiger partial charge in [-0.15, -0.1) is 0 Å². The Morgan fingerprint density at radius 2 is 2.36 bits per heavy atom. The molecule has 3 N–H and O–H groups in total. The number of nitrogens with zero attached hydrogens (tertiary/aromatic N) is 2. The van der Waals surface area contributed by atoms with Crippen molar-refractivity contribution in [2.75, 3.05) is 5.73 Å². The number of nitrogen functional groups attached to an aromatic ring is 1. The predicted octanol–water partition coefficient (Wildman–Crippen LogP) is 2.19. The van der Waals surface area contributed by atoms with Gasteiger partial charge in [0.1, 0.15) is 10.8 Å². The third kappa shape index (κ3) is 1.83. The van der Waals surface area contributed by atoms with E-state index in [1.807, 2.05) is 0 Å². The van der Waals surface area contributed by atoms with Gasteiger partial charge < -0.3 is 5.73 Å². The van der Waals surface area contributed by atoms with Crippen molar-refractivity contribution < 1.29 is 0 Å². The molecule has 0 fully saturated rings. The largest absolute Gasteiger partial charge is 0.383 e. The summed E-state index contributed by atoms with van der Waals surface area (Å²) in [4.78, 5) is 4.95. The van der Waals surface area contributed by atoms with E-state index in [1.165, 1.54) is 11.8 Å². The van der Waals surface area contributed by atoms with Crippen molar-refractivity contribution in [3.63, 3.8) is 0 Å². The van der Waals surface area contributed by atoms with Crippen LogP contribution in [0.15, 0.2) is 34.4 Å². The summed E-state index contributed by atoms with van der Waals surface area (Å²) in [6.45, 7) is 0. The van der Waals surface area contributed by atoms with Crippen LogP contribution in [0.3, 0.4) is 0 Å². The first-order chi connectivity index (χ1) is 6.77. The zero-order chi connectivity index (χ0) is 9.97. The fraction of sp³-hybridized carbons (Fsp3) is 0. The van der Waals surface area contributed by atoms with Crippen LogP contribution in [0.4, 0.5) is 5.82 Å². The molecule has 4 nitrogen and oxygen atoms in total. The molecule has 0 saturated heterocycles. The lowest BCUT2D eigenvalue weighted by Gasteiger charge is -2.00. The van der Waals surface area contributed by atoms with Crippen molar-refractivity contribution in [1.82, 2.24) is 15.2 Å². The highest BCUT2D eigenvalue weighted by Crippen LogP contribution is 2.33. The maximum Gasteiger partial charge on any atom is 0.133 e. The van der Waals surface area contributed by atoms with Crippen LogP contribution in [-0.4, -0.2) is 15.2 Å². The first kappa shape index (κ1) is 9.36. The Morgan fingerprint density at radius 3 is 3.00 bits per heavy atom. The second-order valence-electron chi connectivity index (χ2n) is 2.54. The second-order valence-corrected chi connectivity index (χ2v) is 3.98. The number of aromatic amines is 1. The van der Waals surface area contributed by atoms with Crippen LogP contribution in [0, 0.1) is 0 Å². The Labute approximate surface area is 89.9 Å². The fourth-order valence-corrected chi connectivity index (χ4v) is 1.90. The van der Waals surface area contributed by atoms with E-state index in [4.69, 9.17) is 17.3 Å². The van der Waals surface area contributed by atoms with Gasteiger partial charge in [-0.05, 0) is 12.1 Å². The molecule has 0 saturated carbocycles. The van der Waals surface area contributed by atoms with Crippen molar-refractivity contribution >= 4 is 29.2 Å². The SMILES string of the molecule is Nc1[nH]ncc1Sc1ncccc1Cl. The minimum Gasteiger partial charge on any atom is -0.383 e. The average Bonchev–Trinajstić information content (AvgIpc) is 2.56. The van der Waals surface area contributed by atoms with Crippen molar-refractivity contribution in [3.8, 4) is 0 Å². The first-order valence-electron chi connectivity index (χ1n) is 3.84. The molecule has 0 aliphatic rings. The molecule has 0 aliphatic carbocycles. The summed E-state index contributed by atoms with van der Waals surface area (Å²) in [5.74, 6) is 0.525. The highest BCUT2D eigenvalue weighted by Gasteiger charge is 2.07. The van der Waals surface area contributed by atoms with E-state index in [2.05, 4.69) is 15.2 Å². The smallest absolute Gasteiger partial charge is 0.133 e. The summed E-state index contributed by atoms with van der Waals surface area (Å²) in [6.07, 6.45) is 3.33. The molecule has 2 aromatic heterocycles. The van der Waals surface area contributed by atoms with Crippen LogP contribution in [-0.2, 0) is 0 Å². The van der Waals surface area contributed by atoms with Gasteiger partial charge in [0.2, 0.25) is 0 Å². The zero-order valence-electron chi connectivity index (χ0n) is 7.07. The van der Waals surface area contributed by atoms with E-state index >= 15 is 0 Å². The number of H-pyrrole nitrogens is 1. The molecule has 0 bridgehead atoms. The average molecular weight is 227 g/mol. The van der Waals surface area contributed by atoms with E-state index in [0.29, 0.717) is 10.8 Å². The molecule has 14 heavy (non-hydrogen) atoms. The minimum absolute atomic E-state index is 0.525. The van der Waals surface area contributed by atoms with Gasteiger partial charge in [-0.1, -0.05) is 23.4 Å². The zero-order valence-corrected chi connectivity index (χ0v) is 8.64. The van der Waals surface area contributed by atoms with E-state index in [0.717, 1.165) is 9.92 Å². The Bertz CT molecular complexity index is 442. The van der Waals surface area contributed by atoms with Gasteiger partial charge in [0.25, 0.3) is 0 Å². The molecule has 6 heteroatoms. The quantitative estimate of drug-likeness (QED) is 0.824. The lowest BCUT2D eigenvalue weighted by Crippen LogP contribution is -1.87. The van der Waals surface area contributed by atoms with Crippen LogP contribution in [0.5, 0.6) is 0 Å². The van der Waals surface area contributed by atoms with Gasteiger partial charge in [-0.2, -0.15) is 5.10 Å². The van der Waals surface area contributed by atoms with E-state index in [-0.39, 0.29) is 0 Å². The lowest BCUT2D eigenvalue weighted by atomic mass is 10.5. The van der Waals surface area contributed by atoms with E-state index in [1.54, 1.807) is 24.5 Å². The van der Waals surface area contributed by atoms with Crippen LogP contribution in [0.2, 0.25) is 5.02 Å². The summed E-state index contributed by atoms with van der Waals surface area (Å²) in [7, 11) is 0. The normalized spacial score (nSPS) is 10.4. The summed E-state index contributed by atoms with van der Waals surface area (Å²) >= 11 is 7.32. The van der Waals surface area contributed by atoms with E-state index in [9.17, 15) is 0 Å². The monoisotopic (exact) mass is 226 g/mol. The van der Waals surface area contributed by atoms with Crippen LogP contribution in [0.25, 0.3) is 0 Å². The molecule has 0 radical (unpaired) electrons. The molecule has 0 spiro atoms. The molecular formula is C8H7ClN4S. The number of halogens is 1. The molecule has 72 valence electrons. The number of aromatic nitrogens is 3. The van der Waals surface area contributed by atoms with Gasteiger partial charge in [0, 0.05) is 6.20 Å². The molecule has 2 heterocycles. The van der Waals surface area contributed by atoms with Crippen LogP contribution in [0.1, 0.15) is 0 Å². The summed E-state index contributed by atoms with van der Waals surface area (Å²) < 4.78 is 0. The Kier molecular flexibility index (Phi) is 2.60. The number of pyridine rings is 1. The van der Waals surface area contributed by atoms with Gasteiger partial charge in [0.05, 0.1) is 16.1 Å².